The average Bonchev–Trinajstić information content (AvgIpc) is 2.89. The molecule has 0 aliphatic carbocycles. The maximum Gasteiger partial charge on any atom is 0.274 e. The molecule has 0 aliphatic heterocycles. The molecule has 1 heterocycles. The molecule has 2 aromatic rings. The molecule has 8 nitrogen and oxygen atoms in total. The third-order valence-corrected chi connectivity index (χ3v) is 2.72. The molecule has 118 valence electrons. The number of aromatic amines is 1. The number of guanidine groups is 1. The van der Waals surface area contributed by atoms with Gasteiger partial charge in [-0.25, -0.2) is 0 Å². The molecule has 0 bridgehead atoms. The number of carbonyl (C=O) groups is 2. The van der Waals surface area contributed by atoms with Gasteiger partial charge in [-0.2, -0.15) is 0 Å². The third-order valence-electron chi connectivity index (χ3n) is 2.72. The van der Waals surface area contributed by atoms with Crippen LogP contribution in [-0.4, -0.2) is 36.4 Å². The van der Waals surface area contributed by atoms with E-state index >= 15 is 0 Å². The number of benzene rings is 1. The second-order valence-electron chi connectivity index (χ2n) is 4.22. The van der Waals surface area contributed by atoms with Crippen molar-refractivity contribution >= 4 is 41.1 Å². The summed E-state index contributed by atoms with van der Waals surface area (Å²) in [7, 11) is 1.47. The summed E-state index contributed by atoms with van der Waals surface area (Å²) in [5.74, 6) is -0.551. The van der Waals surface area contributed by atoms with Gasteiger partial charge in [0.15, 0.2) is 12.6 Å². The molecule has 22 heavy (non-hydrogen) atoms. The quantitative estimate of drug-likeness (QED) is 0.469. The van der Waals surface area contributed by atoms with Gasteiger partial charge in [0, 0.05) is 12.4 Å². The number of halogens is 1. The van der Waals surface area contributed by atoms with Crippen LogP contribution in [0.2, 0.25) is 0 Å². The van der Waals surface area contributed by atoms with Crippen LogP contribution in [0.1, 0.15) is 10.5 Å². The molecule has 0 atom stereocenters. The largest absolute Gasteiger partial charge is 0.482 e. The lowest BCUT2D eigenvalue weighted by Gasteiger charge is -2.04. The van der Waals surface area contributed by atoms with Crippen LogP contribution >= 0.6 is 12.4 Å². The second kappa shape index (κ2) is 7.32. The highest BCUT2D eigenvalue weighted by Gasteiger charge is 2.13. The van der Waals surface area contributed by atoms with Gasteiger partial charge in [0.1, 0.15) is 11.4 Å². The molecule has 1 aromatic heterocycles. The summed E-state index contributed by atoms with van der Waals surface area (Å²) in [6.45, 7) is -0.241. The number of fused-ring (bicyclic) bond motifs is 1. The van der Waals surface area contributed by atoms with E-state index in [4.69, 9.17) is 16.2 Å². The summed E-state index contributed by atoms with van der Waals surface area (Å²) in [5, 5.41) is 3.18. The summed E-state index contributed by atoms with van der Waals surface area (Å²) in [6, 6.07) is 6.86. The fraction of sp³-hybridized carbons (Fsp3) is 0.154. The van der Waals surface area contributed by atoms with Crippen LogP contribution in [0.15, 0.2) is 29.3 Å². The molecule has 0 spiro atoms. The Labute approximate surface area is 132 Å². The number of ether oxygens (including phenoxy) is 1. The number of para-hydroxylation sites is 1. The molecule has 0 aliphatic rings. The van der Waals surface area contributed by atoms with Crippen molar-refractivity contribution in [1.82, 2.24) is 10.3 Å². The number of carbonyl (C=O) groups excluding carboxylic acids is 2. The lowest BCUT2D eigenvalue weighted by atomic mass is 10.2. The summed E-state index contributed by atoms with van der Waals surface area (Å²) in [6.07, 6.45) is 0. The van der Waals surface area contributed by atoms with E-state index in [1.807, 2.05) is 0 Å². The van der Waals surface area contributed by atoms with Gasteiger partial charge in [-0.1, -0.05) is 12.1 Å². The predicted molar refractivity (Wildman–Crippen MR) is 85.2 cm³/mol. The van der Waals surface area contributed by atoms with Crippen LogP contribution in [0.25, 0.3) is 10.9 Å². The van der Waals surface area contributed by atoms with Crippen LogP contribution in [0.3, 0.4) is 0 Å². The Morgan fingerprint density at radius 3 is 2.73 bits per heavy atom. The minimum absolute atomic E-state index is 0. The molecule has 2 rings (SSSR count). The normalized spacial score (nSPS) is 10.9. The average molecular weight is 326 g/mol. The van der Waals surface area contributed by atoms with Crippen LogP contribution in [0, 0.1) is 0 Å². The van der Waals surface area contributed by atoms with E-state index in [-0.39, 0.29) is 25.0 Å². The van der Waals surface area contributed by atoms with E-state index in [2.05, 4.69) is 15.3 Å². The van der Waals surface area contributed by atoms with E-state index in [0.717, 1.165) is 5.39 Å². The summed E-state index contributed by atoms with van der Waals surface area (Å²) < 4.78 is 5.29. The lowest BCUT2D eigenvalue weighted by molar-refractivity contribution is -0.119. The minimum Gasteiger partial charge on any atom is -0.482 e. The van der Waals surface area contributed by atoms with Gasteiger partial charge in [0.05, 0.1) is 5.52 Å². The summed E-state index contributed by atoms with van der Waals surface area (Å²) >= 11 is 0. The first-order valence-electron chi connectivity index (χ1n) is 6.07. The zero-order valence-electron chi connectivity index (χ0n) is 11.8. The number of rotatable bonds is 4. The third kappa shape index (κ3) is 3.89. The Bertz CT molecular complexity index is 726. The molecule has 6 N–H and O–H groups in total. The molecule has 0 saturated carbocycles. The van der Waals surface area contributed by atoms with Gasteiger partial charge in [0.25, 0.3) is 11.8 Å². The van der Waals surface area contributed by atoms with Crippen LogP contribution in [-0.2, 0) is 4.79 Å². The SMILES string of the molecule is CN=C(N)NC(=O)c1cc2cccc(OCC(N)=O)c2[nH]1.Cl. The highest BCUT2D eigenvalue weighted by atomic mass is 35.5. The number of H-pyrrole nitrogens is 1. The molecule has 2 amide bonds. The fourth-order valence-corrected chi connectivity index (χ4v) is 1.76. The maximum absolute atomic E-state index is 11.9. The number of nitrogens with one attached hydrogen (secondary N) is 2. The Kier molecular flexibility index (Phi) is 5.76. The smallest absolute Gasteiger partial charge is 0.274 e. The van der Waals surface area contributed by atoms with E-state index in [9.17, 15) is 9.59 Å². The topological polar surface area (TPSA) is 136 Å². The van der Waals surface area contributed by atoms with Crippen LogP contribution in [0.5, 0.6) is 5.75 Å². The Balaban J connectivity index is 0.00000242. The standard InChI is InChI=1S/C13H15N5O3.ClH/c1-16-13(15)18-12(20)8-5-7-3-2-4-9(11(7)17-8)21-6-10(14)19;/h2-5,17H,6H2,1H3,(H2,14,19)(H3,15,16,18,20);1H. The molecule has 0 unspecified atom stereocenters. The highest BCUT2D eigenvalue weighted by Crippen LogP contribution is 2.25. The Hall–Kier alpha value is -2.74. The molecule has 1 aromatic carbocycles. The number of aromatic nitrogens is 1. The van der Waals surface area contributed by atoms with E-state index < -0.39 is 11.8 Å². The molecule has 9 heteroatoms. The van der Waals surface area contributed by atoms with Crippen molar-refractivity contribution in [2.45, 2.75) is 0 Å². The van der Waals surface area contributed by atoms with Crippen molar-refractivity contribution in [1.29, 1.82) is 0 Å². The summed E-state index contributed by atoms with van der Waals surface area (Å²) in [4.78, 5) is 29.3. The zero-order valence-corrected chi connectivity index (χ0v) is 12.6. The van der Waals surface area contributed by atoms with Gasteiger partial charge in [-0.05, 0) is 12.1 Å². The van der Waals surface area contributed by atoms with Gasteiger partial charge >= 0.3 is 0 Å². The number of nitrogens with two attached hydrogens (primary N) is 2. The van der Waals surface area contributed by atoms with Crippen molar-refractivity contribution in [3.05, 3.63) is 30.0 Å². The maximum atomic E-state index is 11.9. The highest BCUT2D eigenvalue weighted by molar-refractivity contribution is 6.07. The van der Waals surface area contributed by atoms with Crippen LogP contribution < -0.4 is 21.5 Å². The molecule has 0 radical (unpaired) electrons. The summed E-state index contributed by atoms with van der Waals surface area (Å²) in [5.41, 5.74) is 11.4. The minimum atomic E-state index is -0.580. The van der Waals surface area contributed by atoms with Crippen molar-refractivity contribution in [3.63, 3.8) is 0 Å². The van der Waals surface area contributed by atoms with E-state index in [1.165, 1.54) is 7.05 Å². The predicted octanol–water partition coefficient (Wildman–Crippen LogP) is 0.128. The number of hydrogen-bond donors (Lipinski definition) is 4. The van der Waals surface area contributed by atoms with E-state index in [0.29, 0.717) is 17.0 Å². The van der Waals surface area contributed by atoms with Gasteiger partial charge < -0.3 is 21.2 Å². The number of primary amides is 1. The van der Waals surface area contributed by atoms with Crippen molar-refractivity contribution in [2.24, 2.45) is 16.5 Å². The molecular weight excluding hydrogens is 310 g/mol. The first-order valence-corrected chi connectivity index (χ1v) is 6.07. The molecule has 0 saturated heterocycles. The van der Waals surface area contributed by atoms with Crippen LogP contribution in [0.4, 0.5) is 0 Å². The first-order chi connectivity index (χ1) is 10.0. The Morgan fingerprint density at radius 1 is 1.36 bits per heavy atom. The monoisotopic (exact) mass is 325 g/mol. The van der Waals surface area contributed by atoms with Crippen molar-refractivity contribution in [3.8, 4) is 5.75 Å². The van der Waals surface area contributed by atoms with Crippen molar-refractivity contribution < 1.29 is 14.3 Å². The fourth-order valence-electron chi connectivity index (χ4n) is 1.76. The van der Waals surface area contributed by atoms with Crippen molar-refractivity contribution in [2.75, 3.05) is 13.7 Å². The first kappa shape index (κ1) is 17.3. The molecular formula is C13H16ClN5O3. The lowest BCUT2D eigenvalue weighted by Crippen LogP contribution is -2.36. The number of hydrogen-bond acceptors (Lipinski definition) is 4. The van der Waals surface area contributed by atoms with Gasteiger partial charge in [0.2, 0.25) is 0 Å². The second-order valence-corrected chi connectivity index (χ2v) is 4.22. The number of nitrogens with zero attached hydrogens (tertiary/aromatic N) is 1. The number of aliphatic imine (C=N–C) groups is 1. The van der Waals surface area contributed by atoms with Gasteiger partial charge in [-0.3, -0.25) is 19.9 Å². The van der Waals surface area contributed by atoms with E-state index in [1.54, 1.807) is 24.3 Å². The number of amides is 2. The Morgan fingerprint density at radius 2 is 2.09 bits per heavy atom. The van der Waals surface area contributed by atoms with Gasteiger partial charge in [-0.15, -0.1) is 12.4 Å². The molecule has 0 fully saturated rings. The zero-order chi connectivity index (χ0) is 15.4.